The molecule has 0 saturated heterocycles. The fraction of sp³-hybridized carbons (Fsp3) is 0.0909. The average Bonchev–Trinajstić information content (AvgIpc) is 2.30. The Hall–Kier alpha value is -1.61. The molecule has 76 valence electrons. The van der Waals surface area contributed by atoms with E-state index in [9.17, 15) is 0 Å². The van der Waals surface area contributed by atoms with E-state index in [2.05, 4.69) is 10.2 Å². The number of ether oxygens (including phenoxy) is 1. The topological polar surface area (TPSA) is 35.0 Å². The molecule has 0 bridgehead atoms. The highest BCUT2D eigenvalue weighted by Crippen LogP contribution is 2.31. The van der Waals surface area contributed by atoms with E-state index in [1.165, 1.54) is 0 Å². The summed E-state index contributed by atoms with van der Waals surface area (Å²) in [5.41, 5.74) is 1.85. The molecule has 0 aliphatic carbocycles. The van der Waals surface area contributed by atoms with Gasteiger partial charge in [-0.25, -0.2) is 0 Å². The van der Waals surface area contributed by atoms with Gasteiger partial charge in [0.05, 0.1) is 19.5 Å². The van der Waals surface area contributed by atoms with Crippen molar-refractivity contribution in [2.45, 2.75) is 0 Å². The zero-order valence-corrected chi connectivity index (χ0v) is 8.90. The lowest BCUT2D eigenvalue weighted by Gasteiger charge is -2.07. The summed E-state index contributed by atoms with van der Waals surface area (Å²) in [6.45, 7) is 0. The van der Waals surface area contributed by atoms with E-state index in [1.54, 1.807) is 25.6 Å². The quantitative estimate of drug-likeness (QED) is 0.781. The molecule has 0 N–H and O–H groups in total. The van der Waals surface area contributed by atoms with E-state index >= 15 is 0 Å². The Kier molecular flexibility index (Phi) is 2.83. The Balaban J connectivity index is 2.56. The van der Waals surface area contributed by atoms with E-state index in [4.69, 9.17) is 16.3 Å². The Morgan fingerprint density at radius 3 is 2.73 bits per heavy atom. The number of rotatable bonds is 2. The summed E-state index contributed by atoms with van der Waals surface area (Å²) in [5, 5.41) is 8.21. The van der Waals surface area contributed by atoms with Crippen LogP contribution in [-0.2, 0) is 0 Å². The van der Waals surface area contributed by atoms with Crippen LogP contribution in [0.1, 0.15) is 0 Å². The number of halogens is 1. The molecule has 0 spiro atoms. The third-order valence-electron chi connectivity index (χ3n) is 2.06. The zero-order valence-electron chi connectivity index (χ0n) is 8.14. The number of methoxy groups -OCH3 is 1. The van der Waals surface area contributed by atoms with E-state index in [1.807, 2.05) is 18.2 Å². The third-order valence-corrected chi connectivity index (χ3v) is 2.29. The third kappa shape index (κ3) is 2.07. The molecule has 15 heavy (non-hydrogen) atoms. The molecule has 2 rings (SSSR count). The largest absolute Gasteiger partial charge is 0.496 e. The molecule has 1 aromatic carbocycles. The van der Waals surface area contributed by atoms with Crippen molar-refractivity contribution < 1.29 is 4.74 Å². The molecule has 0 saturated carbocycles. The van der Waals surface area contributed by atoms with Crippen molar-refractivity contribution in [2.75, 3.05) is 7.11 Å². The average molecular weight is 221 g/mol. The van der Waals surface area contributed by atoms with E-state index < -0.39 is 0 Å². The first-order valence-corrected chi connectivity index (χ1v) is 4.79. The summed E-state index contributed by atoms with van der Waals surface area (Å²) >= 11 is 5.93. The van der Waals surface area contributed by atoms with Crippen molar-refractivity contribution >= 4 is 11.6 Å². The molecule has 0 aliphatic heterocycles. The van der Waals surface area contributed by atoms with Gasteiger partial charge in [0.2, 0.25) is 0 Å². The smallest absolute Gasteiger partial charge is 0.126 e. The molecule has 0 radical (unpaired) electrons. The Bertz CT molecular complexity index is 459. The summed E-state index contributed by atoms with van der Waals surface area (Å²) in [6, 6.07) is 7.33. The highest BCUT2D eigenvalue weighted by molar-refractivity contribution is 6.31. The number of hydrogen-bond acceptors (Lipinski definition) is 3. The second-order valence-electron chi connectivity index (χ2n) is 2.98. The Morgan fingerprint density at radius 1 is 1.20 bits per heavy atom. The number of nitrogens with zero attached hydrogens (tertiary/aromatic N) is 2. The minimum atomic E-state index is 0.669. The van der Waals surface area contributed by atoms with Gasteiger partial charge in [-0.1, -0.05) is 11.6 Å². The van der Waals surface area contributed by atoms with Gasteiger partial charge in [-0.05, 0) is 24.3 Å². The fourth-order valence-electron chi connectivity index (χ4n) is 1.36. The fourth-order valence-corrected chi connectivity index (χ4v) is 1.53. The van der Waals surface area contributed by atoms with Gasteiger partial charge in [0, 0.05) is 16.1 Å². The highest BCUT2D eigenvalue weighted by atomic mass is 35.5. The lowest BCUT2D eigenvalue weighted by atomic mass is 10.1. The van der Waals surface area contributed by atoms with Gasteiger partial charge >= 0.3 is 0 Å². The standard InChI is InChI=1S/C11H9ClN2O/c1-15-11-3-2-9(12)6-10(11)8-4-5-13-14-7-8/h2-7H,1H3. The van der Waals surface area contributed by atoms with Crippen molar-refractivity contribution in [2.24, 2.45) is 0 Å². The van der Waals surface area contributed by atoms with Crippen LogP contribution in [0.25, 0.3) is 11.1 Å². The van der Waals surface area contributed by atoms with Crippen LogP contribution >= 0.6 is 11.6 Å². The molecular formula is C11H9ClN2O. The first-order valence-electron chi connectivity index (χ1n) is 4.42. The first kappa shape index (κ1) is 9.93. The van der Waals surface area contributed by atoms with Crippen LogP contribution in [0.4, 0.5) is 0 Å². The molecule has 1 aromatic heterocycles. The van der Waals surface area contributed by atoms with E-state index in [0.29, 0.717) is 5.02 Å². The van der Waals surface area contributed by atoms with Crippen LogP contribution in [-0.4, -0.2) is 17.3 Å². The van der Waals surface area contributed by atoms with Crippen molar-refractivity contribution in [1.29, 1.82) is 0 Å². The minimum absolute atomic E-state index is 0.669. The van der Waals surface area contributed by atoms with Gasteiger partial charge in [0.25, 0.3) is 0 Å². The molecule has 0 fully saturated rings. The van der Waals surface area contributed by atoms with Crippen molar-refractivity contribution in [3.05, 3.63) is 41.7 Å². The SMILES string of the molecule is COc1ccc(Cl)cc1-c1ccnnc1. The maximum atomic E-state index is 5.93. The van der Waals surface area contributed by atoms with Crippen LogP contribution in [0, 0.1) is 0 Å². The molecule has 0 amide bonds. The summed E-state index contributed by atoms with van der Waals surface area (Å²) < 4.78 is 5.25. The number of benzene rings is 1. The van der Waals surface area contributed by atoms with Crippen molar-refractivity contribution in [1.82, 2.24) is 10.2 Å². The Morgan fingerprint density at radius 2 is 2.07 bits per heavy atom. The molecular weight excluding hydrogens is 212 g/mol. The maximum Gasteiger partial charge on any atom is 0.126 e. The van der Waals surface area contributed by atoms with Gasteiger partial charge in [0.1, 0.15) is 5.75 Å². The van der Waals surface area contributed by atoms with Gasteiger partial charge in [-0.15, -0.1) is 0 Å². The molecule has 4 heteroatoms. The summed E-state index contributed by atoms with van der Waals surface area (Å²) in [5.74, 6) is 0.771. The van der Waals surface area contributed by atoms with Gasteiger partial charge in [-0.2, -0.15) is 10.2 Å². The van der Waals surface area contributed by atoms with Crippen molar-refractivity contribution in [3.63, 3.8) is 0 Å². The maximum absolute atomic E-state index is 5.93. The first-order chi connectivity index (χ1) is 7.31. The Labute approximate surface area is 92.7 Å². The lowest BCUT2D eigenvalue weighted by molar-refractivity contribution is 0.416. The second-order valence-corrected chi connectivity index (χ2v) is 3.41. The molecule has 2 aromatic rings. The van der Waals surface area contributed by atoms with Gasteiger partial charge in [0.15, 0.2) is 0 Å². The monoisotopic (exact) mass is 220 g/mol. The number of aromatic nitrogens is 2. The lowest BCUT2D eigenvalue weighted by Crippen LogP contribution is -1.89. The molecule has 0 aliphatic rings. The molecule has 0 unspecified atom stereocenters. The van der Waals surface area contributed by atoms with Crippen LogP contribution in [0.3, 0.4) is 0 Å². The number of hydrogen-bond donors (Lipinski definition) is 0. The highest BCUT2D eigenvalue weighted by Gasteiger charge is 2.06. The molecule has 1 heterocycles. The normalized spacial score (nSPS) is 10.0. The van der Waals surface area contributed by atoms with E-state index in [-0.39, 0.29) is 0 Å². The summed E-state index contributed by atoms with van der Waals surface area (Å²) in [6.07, 6.45) is 3.31. The molecule has 0 atom stereocenters. The van der Waals surface area contributed by atoms with Gasteiger partial charge < -0.3 is 4.74 Å². The second kappa shape index (κ2) is 4.28. The zero-order chi connectivity index (χ0) is 10.7. The van der Waals surface area contributed by atoms with Crippen LogP contribution in [0.5, 0.6) is 5.75 Å². The van der Waals surface area contributed by atoms with Crippen LogP contribution < -0.4 is 4.74 Å². The summed E-state index contributed by atoms with van der Waals surface area (Å²) in [7, 11) is 1.63. The minimum Gasteiger partial charge on any atom is -0.496 e. The van der Waals surface area contributed by atoms with Crippen LogP contribution in [0.2, 0.25) is 5.02 Å². The molecule has 3 nitrogen and oxygen atoms in total. The van der Waals surface area contributed by atoms with Crippen molar-refractivity contribution in [3.8, 4) is 16.9 Å². The van der Waals surface area contributed by atoms with E-state index in [0.717, 1.165) is 16.9 Å². The van der Waals surface area contributed by atoms with Crippen LogP contribution in [0.15, 0.2) is 36.7 Å². The predicted molar refractivity (Wildman–Crippen MR) is 59.0 cm³/mol. The summed E-state index contributed by atoms with van der Waals surface area (Å²) in [4.78, 5) is 0. The van der Waals surface area contributed by atoms with Gasteiger partial charge in [-0.3, -0.25) is 0 Å². The predicted octanol–water partition coefficient (Wildman–Crippen LogP) is 2.81.